The molecule has 0 heterocycles. The van der Waals surface area contributed by atoms with Gasteiger partial charge in [0.1, 0.15) is 9.87 Å². The van der Waals surface area contributed by atoms with E-state index in [2.05, 4.69) is 0 Å². The van der Waals surface area contributed by atoms with Crippen LogP contribution in [0.4, 0.5) is 13.2 Å². The van der Waals surface area contributed by atoms with Crippen LogP contribution in [0.1, 0.15) is 0 Å². The molecule has 0 aromatic carbocycles. The van der Waals surface area contributed by atoms with Gasteiger partial charge in [0.2, 0.25) is 0 Å². The highest BCUT2D eigenvalue weighted by atomic mass is 35.5. The molecule has 0 aliphatic heterocycles. The molecular weight excluding hydrogens is 211 g/mol. The van der Waals surface area contributed by atoms with Crippen LogP contribution < -0.4 is 0 Å². The van der Waals surface area contributed by atoms with Crippen molar-refractivity contribution in [2.45, 2.75) is 11.6 Å². The van der Waals surface area contributed by atoms with Crippen molar-refractivity contribution in [1.82, 2.24) is 0 Å². The van der Waals surface area contributed by atoms with Gasteiger partial charge in [-0.2, -0.15) is 13.2 Å². The summed E-state index contributed by atoms with van der Waals surface area (Å²) in [6.45, 7) is 0. The highest BCUT2D eigenvalue weighted by Gasteiger charge is 2.36. The van der Waals surface area contributed by atoms with Crippen molar-refractivity contribution in [1.29, 1.82) is 0 Å². The van der Waals surface area contributed by atoms with Crippen molar-refractivity contribution in [3.63, 3.8) is 0 Å². The highest BCUT2D eigenvalue weighted by molar-refractivity contribution is 6.56. The van der Waals surface area contributed by atoms with Crippen molar-refractivity contribution >= 4 is 34.8 Å². The minimum Gasteiger partial charge on any atom is -0.169 e. The topological polar surface area (TPSA) is 0 Å². The number of hydrogen-bond acceptors (Lipinski definition) is 0. The van der Waals surface area contributed by atoms with Crippen LogP contribution in [0.2, 0.25) is 0 Å². The minimum absolute atomic E-state index is 0.489. The van der Waals surface area contributed by atoms with E-state index in [0.29, 0.717) is 6.08 Å². The van der Waals surface area contributed by atoms with E-state index in [0.717, 1.165) is 0 Å². The molecule has 0 amide bonds. The van der Waals surface area contributed by atoms with Crippen molar-refractivity contribution < 1.29 is 13.2 Å². The Labute approximate surface area is 70.6 Å². The molecule has 0 aliphatic rings. The van der Waals surface area contributed by atoms with Crippen molar-refractivity contribution in [3.8, 4) is 0 Å². The normalized spacial score (nSPS) is 14.6. The van der Waals surface area contributed by atoms with E-state index in [4.69, 9.17) is 34.8 Å². The molecule has 0 aliphatic carbocycles. The van der Waals surface area contributed by atoms with E-state index < -0.39 is 16.0 Å². The van der Waals surface area contributed by atoms with Crippen LogP contribution in [0, 0.1) is 0 Å². The third kappa shape index (κ3) is 4.25. The molecule has 1 unspecified atom stereocenters. The van der Waals surface area contributed by atoms with Crippen LogP contribution in [0.15, 0.2) is 10.6 Å². The number of halogens is 6. The van der Waals surface area contributed by atoms with E-state index in [1.807, 2.05) is 0 Å². The van der Waals surface area contributed by atoms with Gasteiger partial charge >= 0.3 is 6.18 Å². The van der Waals surface area contributed by atoms with Gasteiger partial charge in [-0.15, -0.1) is 11.6 Å². The molecule has 0 nitrogen and oxygen atoms in total. The first-order valence-corrected chi connectivity index (χ1v) is 3.27. The summed E-state index contributed by atoms with van der Waals surface area (Å²) >= 11 is 14.6. The number of alkyl halides is 4. The van der Waals surface area contributed by atoms with Crippen LogP contribution in [0.25, 0.3) is 0 Å². The first-order chi connectivity index (χ1) is 4.34. The Bertz CT molecular complexity index is 135. The predicted molar refractivity (Wildman–Crippen MR) is 35.5 cm³/mol. The molecule has 60 valence electrons. The lowest BCUT2D eigenvalue weighted by Crippen LogP contribution is -2.20. The highest BCUT2D eigenvalue weighted by Crippen LogP contribution is 2.27. The Balaban J connectivity index is 4.11. The first kappa shape index (κ1) is 10.4. The molecule has 0 radical (unpaired) electrons. The standard InChI is InChI=1S/C4H2Cl3F3/c5-2(1-3(6)7)4(8,9)10/h1-2H. The Morgan fingerprint density at radius 2 is 1.70 bits per heavy atom. The second kappa shape index (κ2) is 3.69. The average molecular weight is 213 g/mol. The Kier molecular flexibility index (Phi) is 3.84. The van der Waals surface area contributed by atoms with Gasteiger partial charge in [0.25, 0.3) is 0 Å². The van der Waals surface area contributed by atoms with Gasteiger partial charge in [-0.25, -0.2) is 0 Å². The lowest BCUT2D eigenvalue weighted by Gasteiger charge is -2.07. The quantitative estimate of drug-likeness (QED) is 0.585. The summed E-state index contributed by atoms with van der Waals surface area (Å²) in [6, 6.07) is 0. The van der Waals surface area contributed by atoms with E-state index in [1.54, 1.807) is 0 Å². The van der Waals surface area contributed by atoms with Crippen LogP contribution in [0.5, 0.6) is 0 Å². The second-order valence-corrected chi connectivity index (χ2v) is 2.88. The fourth-order valence-electron chi connectivity index (χ4n) is 0.205. The molecule has 6 heteroatoms. The Hall–Kier alpha value is 0.400. The lowest BCUT2D eigenvalue weighted by atomic mass is 10.4. The molecule has 10 heavy (non-hydrogen) atoms. The molecule has 0 saturated carbocycles. The van der Waals surface area contributed by atoms with Crippen molar-refractivity contribution in [2.75, 3.05) is 0 Å². The van der Waals surface area contributed by atoms with Crippen LogP contribution >= 0.6 is 34.8 Å². The van der Waals surface area contributed by atoms with Gasteiger partial charge in [0, 0.05) is 0 Å². The smallest absolute Gasteiger partial charge is 0.169 e. The second-order valence-electron chi connectivity index (χ2n) is 1.40. The van der Waals surface area contributed by atoms with Gasteiger partial charge in [-0.3, -0.25) is 0 Å². The summed E-state index contributed by atoms with van der Waals surface area (Å²) in [5, 5.41) is -2.11. The van der Waals surface area contributed by atoms with Gasteiger partial charge in [-0.05, 0) is 6.08 Å². The summed E-state index contributed by atoms with van der Waals surface area (Å²) in [7, 11) is 0. The first-order valence-electron chi connectivity index (χ1n) is 2.07. The van der Waals surface area contributed by atoms with Crippen LogP contribution in [-0.2, 0) is 0 Å². The zero-order valence-electron chi connectivity index (χ0n) is 4.42. The molecule has 0 N–H and O–H groups in total. The Morgan fingerprint density at radius 3 is 1.80 bits per heavy atom. The molecule has 0 rings (SSSR count). The third-order valence-corrected chi connectivity index (χ3v) is 1.21. The molecule has 0 aromatic heterocycles. The summed E-state index contributed by atoms with van der Waals surface area (Å²) < 4.78 is 34.1. The minimum atomic E-state index is -4.49. The third-order valence-electron chi connectivity index (χ3n) is 0.585. The SMILES string of the molecule is FC(F)(F)C(Cl)C=C(Cl)Cl. The number of allylic oxidation sites excluding steroid dienone is 1. The molecule has 0 spiro atoms. The maximum absolute atomic E-state index is 11.5. The molecule has 0 fully saturated rings. The predicted octanol–water partition coefficient (Wildman–Crippen LogP) is 3.48. The largest absolute Gasteiger partial charge is 0.408 e. The molecule has 0 saturated heterocycles. The van der Waals surface area contributed by atoms with Gasteiger partial charge in [0.05, 0.1) is 0 Å². The number of rotatable bonds is 1. The maximum Gasteiger partial charge on any atom is 0.408 e. The molecule has 1 atom stereocenters. The van der Waals surface area contributed by atoms with E-state index >= 15 is 0 Å². The van der Waals surface area contributed by atoms with Crippen molar-refractivity contribution in [3.05, 3.63) is 10.6 Å². The van der Waals surface area contributed by atoms with Gasteiger partial charge in [-0.1, -0.05) is 23.2 Å². The van der Waals surface area contributed by atoms with Crippen molar-refractivity contribution in [2.24, 2.45) is 0 Å². The summed E-state index contributed by atoms with van der Waals surface area (Å²) in [6.07, 6.45) is -3.98. The van der Waals surface area contributed by atoms with Crippen LogP contribution in [-0.4, -0.2) is 11.6 Å². The van der Waals surface area contributed by atoms with E-state index in [9.17, 15) is 13.2 Å². The molecule has 0 aromatic rings. The molecular formula is C4H2Cl3F3. The lowest BCUT2D eigenvalue weighted by molar-refractivity contribution is -0.121. The van der Waals surface area contributed by atoms with Gasteiger partial charge in [0.15, 0.2) is 0 Å². The summed E-state index contributed by atoms with van der Waals surface area (Å²) in [5.41, 5.74) is 0. The summed E-state index contributed by atoms with van der Waals surface area (Å²) in [5.74, 6) is 0. The maximum atomic E-state index is 11.5. The zero-order valence-corrected chi connectivity index (χ0v) is 6.69. The monoisotopic (exact) mass is 212 g/mol. The fourth-order valence-corrected chi connectivity index (χ4v) is 0.712. The van der Waals surface area contributed by atoms with Crippen LogP contribution in [0.3, 0.4) is 0 Å². The molecule has 0 bridgehead atoms. The number of hydrogen-bond donors (Lipinski definition) is 0. The zero-order chi connectivity index (χ0) is 8.36. The Morgan fingerprint density at radius 1 is 1.30 bits per heavy atom. The average Bonchev–Trinajstić information content (AvgIpc) is 1.60. The van der Waals surface area contributed by atoms with E-state index in [1.165, 1.54) is 0 Å². The summed E-state index contributed by atoms with van der Waals surface area (Å²) in [4.78, 5) is 0. The fraction of sp³-hybridized carbons (Fsp3) is 0.500. The van der Waals surface area contributed by atoms with E-state index in [-0.39, 0.29) is 0 Å². The van der Waals surface area contributed by atoms with Gasteiger partial charge < -0.3 is 0 Å².